The first kappa shape index (κ1) is 14.4. The summed E-state index contributed by atoms with van der Waals surface area (Å²) < 4.78 is 12.9. The number of aryl methyl sites for hydroxylation is 1. The molecule has 20 heavy (non-hydrogen) atoms. The highest BCUT2D eigenvalue weighted by Crippen LogP contribution is 2.30. The number of aliphatic hydroxyl groups is 1. The molecule has 1 heterocycles. The minimum atomic E-state index is -0.521. The first-order chi connectivity index (χ1) is 9.61. The Kier molecular flexibility index (Phi) is 4.63. The summed E-state index contributed by atoms with van der Waals surface area (Å²) in [5.74, 6) is 1.31. The maximum absolute atomic E-state index is 9.56. The molecule has 1 atom stereocenters. The molecule has 1 N–H and O–H groups in total. The van der Waals surface area contributed by atoms with Crippen LogP contribution in [-0.4, -0.2) is 28.6 Å². The summed E-state index contributed by atoms with van der Waals surface area (Å²) in [5, 5.41) is 13.7. The summed E-state index contributed by atoms with van der Waals surface area (Å²) in [6.07, 6.45) is 2.03. The number of hydrogen-bond acceptors (Lipinski definition) is 4. The lowest BCUT2D eigenvalue weighted by Crippen LogP contribution is -2.07. The summed E-state index contributed by atoms with van der Waals surface area (Å²) in [6.45, 7) is 2.27. The predicted octanol–water partition coefficient (Wildman–Crippen LogP) is 2.10. The Labute approximate surface area is 118 Å². The molecule has 0 aliphatic carbocycles. The molecular formula is C15H20N2O3. The maximum Gasteiger partial charge on any atom is 0.161 e. The van der Waals surface area contributed by atoms with E-state index in [1.165, 1.54) is 0 Å². The lowest BCUT2D eigenvalue weighted by Gasteiger charge is -2.13. The van der Waals surface area contributed by atoms with Gasteiger partial charge in [-0.1, -0.05) is 6.07 Å². The van der Waals surface area contributed by atoms with Crippen LogP contribution in [0.5, 0.6) is 11.5 Å². The van der Waals surface area contributed by atoms with Crippen molar-refractivity contribution in [2.24, 2.45) is 7.05 Å². The number of nitrogens with zero attached hydrogens (tertiary/aromatic N) is 2. The Bertz CT molecular complexity index is 564. The lowest BCUT2D eigenvalue weighted by atomic mass is 10.1. The molecule has 2 aromatic rings. The summed E-state index contributed by atoms with van der Waals surface area (Å²) >= 11 is 0. The molecule has 2 rings (SSSR count). The van der Waals surface area contributed by atoms with Gasteiger partial charge in [0.25, 0.3) is 0 Å². The summed E-state index contributed by atoms with van der Waals surface area (Å²) in [6, 6.07) is 7.43. The SMILES string of the molecule is COc1cc([C@H](C)O)ccc1OCCc1ccnn1C. The Balaban J connectivity index is 2.00. The van der Waals surface area contributed by atoms with Crippen LogP contribution < -0.4 is 9.47 Å². The van der Waals surface area contributed by atoms with E-state index in [4.69, 9.17) is 9.47 Å². The van der Waals surface area contributed by atoms with Crippen molar-refractivity contribution in [2.75, 3.05) is 13.7 Å². The fourth-order valence-electron chi connectivity index (χ4n) is 1.98. The van der Waals surface area contributed by atoms with E-state index in [9.17, 15) is 5.11 Å². The van der Waals surface area contributed by atoms with E-state index in [0.717, 1.165) is 17.7 Å². The van der Waals surface area contributed by atoms with Crippen molar-refractivity contribution in [2.45, 2.75) is 19.4 Å². The minimum absolute atomic E-state index is 0.521. The van der Waals surface area contributed by atoms with Crippen molar-refractivity contribution in [3.8, 4) is 11.5 Å². The predicted molar refractivity (Wildman–Crippen MR) is 76.0 cm³/mol. The van der Waals surface area contributed by atoms with Gasteiger partial charge >= 0.3 is 0 Å². The zero-order chi connectivity index (χ0) is 14.5. The third-order valence-corrected chi connectivity index (χ3v) is 3.21. The van der Waals surface area contributed by atoms with Crippen LogP contribution in [0.3, 0.4) is 0 Å². The van der Waals surface area contributed by atoms with Crippen molar-refractivity contribution >= 4 is 0 Å². The number of aliphatic hydroxyl groups excluding tert-OH is 1. The molecule has 0 saturated heterocycles. The number of methoxy groups -OCH3 is 1. The smallest absolute Gasteiger partial charge is 0.161 e. The summed E-state index contributed by atoms with van der Waals surface area (Å²) in [5.41, 5.74) is 1.92. The molecule has 0 aliphatic heterocycles. The van der Waals surface area contributed by atoms with Gasteiger partial charge in [-0.05, 0) is 30.7 Å². The molecule has 0 unspecified atom stereocenters. The third-order valence-electron chi connectivity index (χ3n) is 3.21. The van der Waals surface area contributed by atoms with Gasteiger partial charge in [-0.3, -0.25) is 4.68 Å². The molecular weight excluding hydrogens is 256 g/mol. The second-order valence-electron chi connectivity index (χ2n) is 4.63. The molecule has 0 saturated carbocycles. The van der Waals surface area contributed by atoms with Crippen LogP contribution in [0.1, 0.15) is 24.3 Å². The first-order valence-corrected chi connectivity index (χ1v) is 6.57. The fraction of sp³-hybridized carbons (Fsp3) is 0.400. The number of ether oxygens (including phenoxy) is 2. The molecule has 0 bridgehead atoms. The average molecular weight is 276 g/mol. The molecule has 0 spiro atoms. The normalized spacial score (nSPS) is 12.2. The third kappa shape index (κ3) is 3.30. The number of rotatable bonds is 6. The number of benzene rings is 1. The van der Waals surface area contributed by atoms with Gasteiger partial charge in [-0.2, -0.15) is 5.10 Å². The largest absolute Gasteiger partial charge is 0.493 e. The van der Waals surface area contributed by atoms with Gasteiger partial charge in [0.15, 0.2) is 11.5 Å². The highest BCUT2D eigenvalue weighted by atomic mass is 16.5. The Morgan fingerprint density at radius 3 is 2.70 bits per heavy atom. The van der Waals surface area contributed by atoms with Crippen LogP contribution >= 0.6 is 0 Å². The van der Waals surface area contributed by atoms with E-state index in [1.807, 2.05) is 29.9 Å². The Hall–Kier alpha value is -2.01. The van der Waals surface area contributed by atoms with E-state index in [2.05, 4.69) is 5.10 Å². The molecule has 0 amide bonds. The number of aromatic nitrogens is 2. The topological polar surface area (TPSA) is 56.5 Å². The molecule has 0 aliphatic rings. The van der Waals surface area contributed by atoms with E-state index < -0.39 is 6.10 Å². The van der Waals surface area contributed by atoms with Crippen LogP contribution in [0.25, 0.3) is 0 Å². The minimum Gasteiger partial charge on any atom is -0.493 e. The number of hydrogen-bond donors (Lipinski definition) is 1. The summed E-state index contributed by atoms with van der Waals surface area (Å²) in [4.78, 5) is 0. The monoisotopic (exact) mass is 276 g/mol. The Morgan fingerprint density at radius 2 is 2.10 bits per heavy atom. The van der Waals surface area contributed by atoms with Crippen molar-refractivity contribution in [3.63, 3.8) is 0 Å². The van der Waals surface area contributed by atoms with Gasteiger partial charge in [0.05, 0.1) is 19.8 Å². The second kappa shape index (κ2) is 6.43. The van der Waals surface area contributed by atoms with Crippen LogP contribution in [0.4, 0.5) is 0 Å². The van der Waals surface area contributed by atoms with Crippen molar-refractivity contribution in [1.29, 1.82) is 0 Å². The van der Waals surface area contributed by atoms with E-state index >= 15 is 0 Å². The highest BCUT2D eigenvalue weighted by Gasteiger charge is 2.09. The average Bonchev–Trinajstić information content (AvgIpc) is 2.84. The van der Waals surface area contributed by atoms with Gasteiger partial charge in [0.2, 0.25) is 0 Å². The molecule has 0 radical (unpaired) electrons. The van der Waals surface area contributed by atoms with Gasteiger partial charge in [-0.25, -0.2) is 0 Å². The van der Waals surface area contributed by atoms with Crippen LogP contribution in [0, 0.1) is 0 Å². The molecule has 5 heteroatoms. The van der Waals surface area contributed by atoms with Gasteiger partial charge in [-0.15, -0.1) is 0 Å². The van der Waals surface area contributed by atoms with Gasteiger partial charge in [0, 0.05) is 25.4 Å². The van der Waals surface area contributed by atoms with Gasteiger partial charge in [0.1, 0.15) is 0 Å². The van der Waals surface area contributed by atoms with Crippen molar-refractivity contribution < 1.29 is 14.6 Å². The quantitative estimate of drug-likeness (QED) is 0.878. The standard InChI is InChI=1S/C15H20N2O3/c1-11(18)12-4-5-14(15(10-12)19-3)20-9-7-13-6-8-16-17(13)2/h4-6,8,10-11,18H,7,9H2,1-3H3/t11-/m0/s1. The molecule has 0 fully saturated rings. The molecule has 5 nitrogen and oxygen atoms in total. The molecule has 1 aromatic carbocycles. The fourth-order valence-corrected chi connectivity index (χ4v) is 1.98. The van der Waals surface area contributed by atoms with E-state index in [0.29, 0.717) is 18.1 Å². The van der Waals surface area contributed by atoms with E-state index in [1.54, 1.807) is 26.3 Å². The van der Waals surface area contributed by atoms with Gasteiger partial charge < -0.3 is 14.6 Å². The zero-order valence-corrected chi connectivity index (χ0v) is 12.0. The zero-order valence-electron chi connectivity index (χ0n) is 12.0. The van der Waals surface area contributed by atoms with Crippen LogP contribution in [0.2, 0.25) is 0 Å². The maximum atomic E-state index is 9.56. The summed E-state index contributed by atoms with van der Waals surface area (Å²) in [7, 11) is 3.50. The van der Waals surface area contributed by atoms with Crippen molar-refractivity contribution in [1.82, 2.24) is 9.78 Å². The lowest BCUT2D eigenvalue weighted by molar-refractivity contribution is 0.198. The molecule has 108 valence electrons. The first-order valence-electron chi connectivity index (χ1n) is 6.57. The molecule has 1 aromatic heterocycles. The highest BCUT2D eigenvalue weighted by molar-refractivity contribution is 5.43. The second-order valence-corrected chi connectivity index (χ2v) is 4.63. The van der Waals surface area contributed by atoms with Crippen LogP contribution in [0.15, 0.2) is 30.5 Å². The van der Waals surface area contributed by atoms with Crippen LogP contribution in [-0.2, 0) is 13.5 Å². The Morgan fingerprint density at radius 1 is 1.30 bits per heavy atom. The van der Waals surface area contributed by atoms with Crippen molar-refractivity contribution in [3.05, 3.63) is 41.7 Å². The van der Waals surface area contributed by atoms with E-state index in [-0.39, 0.29) is 0 Å².